The van der Waals surface area contributed by atoms with Crippen LogP contribution in [0.2, 0.25) is 0 Å². The van der Waals surface area contributed by atoms with Gasteiger partial charge in [-0.2, -0.15) is 13.2 Å². The number of benzene rings is 1. The van der Waals surface area contributed by atoms with Gasteiger partial charge in [0.2, 0.25) is 0 Å². The summed E-state index contributed by atoms with van der Waals surface area (Å²) >= 11 is 5.52. The van der Waals surface area contributed by atoms with E-state index in [1.165, 1.54) is 10.4 Å². The Morgan fingerprint density at radius 3 is 2.43 bits per heavy atom. The molecule has 1 unspecified atom stereocenters. The molecule has 162 valence electrons. The van der Waals surface area contributed by atoms with E-state index in [-0.39, 0.29) is 18.0 Å². The Labute approximate surface area is 180 Å². The third-order valence-corrected chi connectivity index (χ3v) is 7.17. The second-order valence-corrected chi connectivity index (χ2v) is 9.67. The number of rotatable bonds is 4. The maximum atomic E-state index is 12.9. The van der Waals surface area contributed by atoms with Crippen LogP contribution in [-0.2, 0) is 27.2 Å². The highest BCUT2D eigenvalue weighted by atomic mass is 32.3. The molecule has 1 atom stereocenters. The van der Waals surface area contributed by atoms with Crippen molar-refractivity contribution in [2.45, 2.75) is 31.3 Å². The molecule has 1 fully saturated rings. The molecule has 0 aliphatic carbocycles. The maximum Gasteiger partial charge on any atom is 0.416 e. The molecule has 2 aromatic rings. The Kier molecular flexibility index (Phi) is 6.61. The van der Waals surface area contributed by atoms with Crippen LogP contribution in [0.3, 0.4) is 0 Å². The van der Waals surface area contributed by atoms with Crippen LogP contribution in [0.25, 0.3) is 0 Å². The summed E-state index contributed by atoms with van der Waals surface area (Å²) in [5.41, 5.74) is 1.88. The Morgan fingerprint density at radius 2 is 1.83 bits per heavy atom. The molecule has 0 saturated carbocycles. The van der Waals surface area contributed by atoms with E-state index in [4.69, 9.17) is 12.2 Å². The van der Waals surface area contributed by atoms with Crippen LogP contribution in [0.4, 0.5) is 13.2 Å². The summed E-state index contributed by atoms with van der Waals surface area (Å²) < 4.78 is 65.6. The lowest BCUT2D eigenvalue weighted by Crippen LogP contribution is -2.52. The molecule has 3 rings (SSSR count). The first-order chi connectivity index (χ1) is 14.0. The Bertz CT molecular complexity index is 969. The smallest absolute Gasteiger partial charge is 0.416 e. The molecule has 1 aliphatic rings. The highest BCUT2D eigenvalue weighted by Crippen LogP contribution is 2.32. The van der Waals surface area contributed by atoms with Crippen LogP contribution in [0.15, 0.2) is 41.3 Å². The van der Waals surface area contributed by atoms with Crippen LogP contribution in [0.5, 0.6) is 0 Å². The minimum absolute atomic E-state index is 0.152. The third kappa shape index (κ3) is 5.23. The molecule has 10 heteroatoms. The molecule has 0 spiro atoms. The molecule has 0 N–H and O–H groups in total. The summed E-state index contributed by atoms with van der Waals surface area (Å²) in [4.78, 5) is 6.72. The Balaban J connectivity index is 1.66. The highest BCUT2D eigenvalue weighted by Gasteiger charge is 2.37. The molecule has 1 aromatic carbocycles. The van der Waals surface area contributed by atoms with Gasteiger partial charge in [0.05, 0.1) is 23.6 Å². The monoisotopic (exact) mass is 457 g/mol. The van der Waals surface area contributed by atoms with Crippen LogP contribution < -0.4 is 0 Å². The minimum Gasteiger partial charge on any atom is -0.593 e. The number of hydrogen-bond acceptors (Lipinski definition) is 4. The number of alkyl halides is 3. The number of pyridine rings is 1. The van der Waals surface area contributed by atoms with Gasteiger partial charge in [0.15, 0.2) is 15.3 Å². The summed E-state index contributed by atoms with van der Waals surface area (Å²) in [6.45, 7) is 4.96. The van der Waals surface area contributed by atoms with Crippen LogP contribution in [0, 0.1) is 13.8 Å². The van der Waals surface area contributed by atoms with E-state index in [9.17, 15) is 21.9 Å². The van der Waals surface area contributed by atoms with E-state index in [1.54, 1.807) is 0 Å². The summed E-state index contributed by atoms with van der Waals surface area (Å²) in [6, 6.07) is 7.78. The van der Waals surface area contributed by atoms with E-state index < -0.39 is 22.1 Å². The number of halogens is 3. The van der Waals surface area contributed by atoms with E-state index in [2.05, 4.69) is 4.98 Å². The molecular weight excluding hydrogens is 435 g/mol. The van der Waals surface area contributed by atoms with Gasteiger partial charge in [-0.3, -0.25) is 4.98 Å². The van der Waals surface area contributed by atoms with Crippen molar-refractivity contribution in [3.8, 4) is 0 Å². The van der Waals surface area contributed by atoms with Gasteiger partial charge in [-0.1, -0.05) is 22.5 Å². The van der Waals surface area contributed by atoms with Crippen molar-refractivity contribution < 1.29 is 21.9 Å². The summed E-state index contributed by atoms with van der Waals surface area (Å²) in [7, 11) is -4.01. The van der Waals surface area contributed by atoms with Gasteiger partial charge in [-0.25, -0.2) is 0 Å². The van der Waals surface area contributed by atoms with Gasteiger partial charge in [0.25, 0.3) is 0 Å². The zero-order chi connectivity index (χ0) is 22.1. The molecule has 1 aromatic heterocycles. The quantitative estimate of drug-likeness (QED) is 0.516. The van der Waals surface area contributed by atoms with Gasteiger partial charge >= 0.3 is 6.18 Å². The molecule has 5 nitrogen and oxygen atoms in total. The summed E-state index contributed by atoms with van der Waals surface area (Å²) in [6.07, 6.45) is -4.11. The third-order valence-electron chi connectivity index (χ3n) is 4.87. The van der Waals surface area contributed by atoms with Gasteiger partial charge in [0.1, 0.15) is 0 Å². The largest absolute Gasteiger partial charge is 0.593 e. The maximum absolute atomic E-state index is 12.9. The molecular formula is C20H22F3N3O2S2. The lowest BCUT2D eigenvalue weighted by atomic mass is 10.1. The number of nitrogens with zero attached hydrogens (tertiary/aromatic N) is 3. The van der Waals surface area contributed by atoms with Crippen molar-refractivity contribution in [1.29, 1.82) is 0 Å². The normalized spacial score (nSPS) is 17.6. The molecule has 30 heavy (non-hydrogen) atoms. The average Bonchev–Trinajstić information content (AvgIpc) is 2.66. The molecule has 0 bridgehead atoms. The van der Waals surface area contributed by atoms with Gasteiger partial charge in [-0.15, -0.1) is 4.31 Å². The SMILES string of the molecule is Cc1cc(C)nc(CC(=S)N2CCN([S+](=O)([O-])c3cccc(C(F)(F)F)c3)CC2)c1. The molecule has 2 heterocycles. The first-order valence-electron chi connectivity index (χ1n) is 9.36. The number of hydrogen-bond donors (Lipinski definition) is 0. The van der Waals surface area contributed by atoms with E-state index in [0.29, 0.717) is 30.6 Å². The molecule has 0 radical (unpaired) electrons. The molecule has 0 amide bonds. The van der Waals surface area contributed by atoms with Crippen molar-refractivity contribution >= 4 is 27.6 Å². The number of piperazine rings is 1. The lowest BCUT2D eigenvalue weighted by molar-refractivity contribution is -0.137. The van der Waals surface area contributed by atoms with Crippen molar-refractivity contribution in [3.05, 3.63) is 58.9 Å². The number of sulfonamides is 1. The van der Waals surface area contributed by atoms with E-state index in [1.807, 2.05) is 30.9 Å². The Hall–Kier alpha value is -1.88. The first-order valence-corrected chi connectivity index (χ1v) is 11.2. The predicted octanol–water partition coefficient (Wildman–Crippen LogP) is 3.81. The topological polar surface area (TPSA) is 59.5 Å². The average molecular weight is 458 g/mol. The Morgan fingerprint density at radius 1 is 1.17 bits per heavy atom. The number of aryl methyl sites for hydroxylation is 2. The zero-order valence-corrected chi connectivity index (χ0v) is 18.2. The highest BCUT2D eigenvalue weighted by molar-refractivity contribution is 7.95. The fourth-order valence-electron chi connectivity index (χ4n) is 3.44. The van der Waals surface area contributed by atoms with Crippen molar-refractivity contribution in [2.75, 3.05) is 26.2 Å². The molecule has 1 aliphatic heterocycles. The zero-order valence-electron chi connectivity index (χ0n) is 16.6. The summed E-state index contributed by atoms with van der Waals surface area (Å²) in [5.74, 6) is 0. The fourth-order valence-corrected chi connectivity index (χ4v) is 5.24. The molecule has 1 saturated heterocycles. The van der Waals surface area contributed by atoms with Crippen molar-refractivity contribution in [1.82, 2.24) is 14.2 Å². The number of aromatic nitrogens is 1. The van der Waals surface area contributed by atoms with Crippen LogP contribution >= 0.6 is 12.2 Å². The lowest BCUT2D eigenvalue weighted by Gasteiger charge is -2.37. The van der Waals surface area contributed by atoms with E-state index >= 15 is 0 Å². The van der Waals surface area contributed by atoms with Crippen molar-refractivity contribution in [2.24, 2.45) is 0 Å². The second-order valence-electron chi connectivity index (χ2n) is 7.26. The van der Waals surface area contributed by atoms with Crippen LogP contribution in [-0.4, -0.2) is 49.9 Å². The van der Waals surface area contributed by atoms with Gasteiger partial charge in [-0.05, 0) is 43.7 Å². The minimum atomic E-state index is -4.60. The van der Waals surface area contributed by atoms with E-state index in [0.717, 1.165) is 29.1 Å². The summed E-state index contributed by atoms with van der Waals surface area (Å²) in [5, 5.41) is 0. The predicted molar refractivity (Wildman–Crippen MR) is 112 cm³/mol. The van der Waals surface area contributed by atoms with Crippen molar-refractivity contribution in [3.63, 3.8) is 0 Å². The van der Waals surface area contributed by atoms with Gasteiger partial charge in [0, 0.05) is 37.0 Å². The standard InChI is InChI=1S/C20H22F3N3O2S2/c1-14-10-15(2)24-17(11-14)13-19(29)25-6-8-26(9-7-25)30(27,28)18-5-3-4-16(12-18)20(21,22)23/h3-5,10-12H,6-9,13H2,1-2H3. The van der Waals surface area contributed by atoms with Gasteiger partial charge < -0.3 is 9.45 Å². The fraction of sp³-hybridized carbons (Fsp3) is 0.400. The van der Waals surface area contributed by atoms with Crippen LogP contribution in [0.1, 0.15) is 22.5 Å². The number of thiocarbonyl (C=S) groups is 1. The second kappa shape index (κ2) is 8.70. The first kappa shape index (κ1) is 22.8.